The first-order valence-corrected chi connectivity index (χ1v) is 8.20. The van der Waals surface area contributed by atoms with Crippen molar-refractivity contribution in [1.82, 2.24) is 15.4 Å². The molecule has 0 aliphatic carbocycles. The second-order valence-corrected chi connectivity index (χ2v) is 5.93. The third-order valence-electron chi connectivity index (χ3n) is 2.88. The number of hydrogen-bond acceptors (Lipinski definition) is 6. The van der Waals surface area contributed by atoms with Crippen LogP contribution in [0.15, 0.2) is 53.1 Å². The van der Waals surface area contributed by atoms with E-state index in [4.69, 9.17) is 16.3 Å². The number of nitrogens with one attached hydrogen (secondary N) is 1. The molecule has 0 saturated heterocycles. The quantitative estimate of drug-likeness (QED) is 0.416. The van der Waals surface area contributed by atoms with Crippen molar-refractivity contribution in [3.8, 4) is 11.6 Å². The van der Waals surface area contributed by atoms with Crippen molar-refractivity contribution >= 4 is 35.1 Å². The zero-order chi connectivity index (χ0) is 17.6. The lowest BCUT2D eigenvalue weighted by atomic mass is 10.2. The zero-order valence-electron chi connectivity index (χ0n) is 12.5. The van der Waals surface area contributed by atoms with Gasteiger partial charge in [-0.2, -0.15) is 14.5 Å². The van der Waals surface area contributed by atoms with Crippen LogP contribution in [0, 0.1) is 5.82 Å². The molecule has 0 saturated carbocycles. The van der Waals surface area contributed by atoms with Gasteiger partial charge in [0.15, 0.2) is 0 Å². The highest BCUT2D eigenvalue weighted by atomic mass is 35.5. The van der Waals surface area contributed by atoms with Gasteiger partial charge in [0.25, 0.3) is 11.8 Å². The molecule has 0 unspecified atom stereocenters. The number of carbonyl (C=O) groups excluding carboxylic acids is 1. The molecular weight excluding hydrogens is 367 g/mol. The Labute approximate surface area is 151 Å². The van der Waals surface area contributed by atoms with Crippen molar-refractivity contribution < 1.29 is 13.9 Å². The maximum absolute atomic E-state index is 13.6. The summed E-state index contributed by atoms with van der Waals surface area (Å²) in [5, 5.41) is 5.57. The van der Waals surface area contributed by atoms with Crippen molar-refractivity contribution in [2.45, 2.75) is 0 Å². The van der Waals surface area contributed by atoms with Gasteiger partial charge in [0.1, 0.15) is 5.75 Å². The van der Waals surface area contributed by atoms with Gasteiger partial charge in [-0.05, 0) is 40.7 Å². The third-order valence-corrected chi connectivity index (χ3v) is 3.93. The molecule has 0 aliphatic heterocycles. The van der Waals surface area contributed by atoms with E-state index >= 15 is 0 Å². The van der Waals surface area contributed by atoms with Crippen LogP contribution in [0.4, 0.5) is 4.39 Å². The number of hydrazone groups is 1. The van der Waals surface area contributed by atoms with Crippen molar-refractivity contribution in [3.63, 3.8) is 0 Å². The fourth-order valence-electron chi connectivity index (χ4n) is 1.80. The van der Waals surface area contributed by atoms with E-state index < -0.39 is 5.82 Å². The summed E-state index contributed by atoms with van der Waals surface area (Å²) in [5.74, 6) is -0.967. The van der Waals surface area contributed by atoms with E-state index in [2.05, 4.69) is 20.5 Å². The first-order chi connectivity index (χ1) is 12.1. The molecule has 0 radical (unpaired) electrons. The lowest BCUT2D eigenvalue weighted by molar-refractivity contribution is 0.0959. The molecule has 9 heteroatoms. The molecule has 3 rings (SSSR count). The number of aromatic nitrogens is 2. The molecule has 0 fully saturated rings. The molecule has 3 aromatic rings. The van der Waals surface area contributed by atoms with Crippen LogP contribution in [-0.2, 0) is 0 Å². The normalized spacial score (nSPS) is 10.8. The van der Waals surface area contributed by atoms with E-state index in [1.807, 2.05) is 0 Å². The predicted octanol–water partition coefficient (Wildman–Crippen LogP) is 3.89. The summed E-state index contributed by atoms with van der Waals surface area (Å²) in [6.07, 6.45) is 2.37. The van der Waals surface area contributed by atoms with Crippen molar-refractivity contribution in [2.24, 2.45) is 5.10 Å². The van der Waals surface area contributed by atoms with Crippen molar-refractivity contribution in [1.29, 1.82) is 0 Å². The Morgan fingerprint density at radius 1 is 1.36 bits per heavy atom. The molecule has 25 heavy (non-hydrogen) atoms. The van der Waals surface area contributed by atoms with Gasteiger partial charge in [0.05, 0.1) is 17.3 Å². The lowest BCUT2D eigenvalue weighted by Gasteiger charge is -2.06. The molecule has 1 N–H and O–H groups in total. The average Bonchev–Trinajstić information content (AvgIpc) is 3.13. The van der Waals surface area contributed by atoms with Crippen LogP contribution in [0.1, 0.15) is 15.2 Å². The topological polar surface area (TPSA) is 76.5 Å². The molecule has 2 heterocycles. The SMILES string of the molecule is O=C(N/N=C\c1cccc(Oc2nc(Cl)ncc2F)c1)c1cccs1. The van der Waals surface area contributed by atoms with Crippen LogP contribution in [-0.4, -0.2) is 22.1 Å². The minimum Gasteiger partial charge on any atom is -0.436 e. The van der Waals surface area contributed by atoms with Gasteiger partial charge < -0.3 is 4.74 Å². The Bertz CT molecular complexity index is 918. The summed E-state index contributed by atoms with van der Waals surface area (Å²) in [7, 11) is 0. The molecule has 1 aromatic carbocycles. The van der Waals surface area contributed by atoms with Gasteiger partial charge in [0, 0.05) is 0 Å². The highest BCUT2D eigenvalue weighted by Crippen LogP contribution is 2.23. The lowest BCUT2D eigenvalue weighted by Crippen LogP contribution is -2.16. The largest absolute Gasteiger partial charge is 0.436 e. The standard InChI is InChI=1S/C16H10ClFN4O2S/c17-16-19-9-12(18)15(21-16)24-11-4-1-3-10(7-11)8-20-22-14(23)13-5-2-6-25-13/h1-9H,(H,22,23)/b20-8-. The van der Waals surface area contributed by atoms with Crippen LogP contribution >= 0.6 is 22.9 Å². The molecule has 0 atom stereocenters. The van der Waals surface area contributed by atoms with E-state index in [0.717, 1.165) is 6.20 Å². The van der Waals surface area contributed by atoms with E-state index in [1.54, 1.807) is 41.8 Å². The first-order valence-electron chi connectivity index (χ1n) is 6.95. The zero-order valence-corrected chi connectivity index (χ0v) is 14.1. The number of nitrogens with zero attached hydrogens (tertiary/aromatic N) is 3. The molecule has 6 nitrogen and oxygen atoms in total. The van der Waals surface area contributed by atoms with Gasteiger partial charge in [-0.1, -0.05) is 18.2 Å². The van der Waals surface area contributed by atoms with Crippen LogP contribution in [0.25, 0.3) is 0 Å². The fourth-order valence-corrected chi connectivity index (χ4v) is 2.54. The minimum absolute atomic E-state index is 0.120. The summed E-state index contributed by atoms with van der Waals surface area (Å²) >= 11 is 6.94. The maximum atomic E-state index is 13.6. The Morgan fingerprint density at radius 3 is 3.04 bits per heavy atom. The summed E-state index contributed by atoms with van der Waals surface area (Å²) in [5.41, 5.74) is 3.06. The second-order valence-electron chi connectivity index (χ2n) is 4.64. The highest BCUT2D eigenvalue weighted by molar-refractivity contribution is 7.12. The molecule has 0 spiro atoms. The number of rotatable bonds is 5. The monoisotopic (exact) mass is 376 g/mol. The molecular formula is C16H10ClFN4O2S. The summed E-state index contributed by atoms with van der Waals surface area (Å²) in [6.45, 7) is 0. The number of benzene rings is 1. The van der Waals surface area contributed by atoms with E-state index in [-0.39, 0.29) is 17.1 Å². The molecule has 126 valence electrons. The van der Waals surface area contributed by atoms with Crippen LogP contribution in [0.3, 0.4) is 0 Å². The highest BCUT2D eigenvalue weighted by Gasteiger charge is 2.09. The Hall–Kier alpha value is -2.84. The summed E-state index contributed by atoms with van der Waals surface area (Å²) in [6, 6.07) is 10.1. The number of thiophene rings is 1. The maximum Gasteiger partial charge on any atom is 0.281 e. The number of halogens is 2. The molecule has 0 aliphatic rings. The molecule has 1 amide bonds. The minimum atomic E-state index is -0.730. The number of ether oxygens (including phenoxy) is 1. The fraction of sp³-hybridized carbons (Fsp3) is 0. The third kappa shape index (κ3) is 4.59. The average molecular weight is 377 g/mol. The van der Waals surface area contributed by atoms with Crippen molar-refractivity contribution in [3.05, 3.63) is 69.5 Å². The predicted molar refractivity (Wildman–Crippen MR) is 92.9 cm³/mol. The second kappa shape index (κ2) is 7.82. The Kier molecular flexibility index (Phi) is 5.32. The van der Waals surface area contributed by atoms with Crippen LogP contribution in [0.5, 0.6) is 11.6 Å². The Balaban J connectivity index is 1.68. The molecule has 0 bridgehead atoms. The van der Waals surface area contributed by atoms with E-state index in [9.17, 15) is 9.18 Å². The van der Waals surface area contributed by atoms with Gasteiger partial charge in [-0.15, -0.1) is 11.3 Å². The van der Waals surface area contributed by atoms with E-state index in [1.165, 1.54) is 17.6 Å². The van der Waals surface area contributed by atoms with Gasteiger partial charge in [-0.25, -0.2) is 10.4 Å². The summed E-state index contributed by atoms with van der Waals surface area (Å²) in [4.78, 5) is 19.5. The Morgan fingerprint density at radius 2 is 2.24 bits per heavy atom. The van der Waals surface area contributed by atoms with Gasteiger partial charge >= 0.3 is 0 Å². The smallest absolute Gasteiger partial charge is 0.281 e. The van der Waals surface area contributed by atoms with Crippen LogP contribution < -0.4 is 10.2 Å². The first kappa shape index (κ1) is 17.0. The van der Waals surface area contributed by atoms with Crippen molar-refractivity contribution in [2.75, 3.05) is 0 Å². The number of carbonyl (C=O) groups is 1. The summed E-state index contributed by atoms with van der Waals surface area (Å²) < 4.78 is 19.0. The van der Waals surface area contributed by atoms with Gasteiger partial charge in [-0.3, -0.25) is 4.79 Å². The van der Waals surface area contributed by atoms with E-state index in [0.29, 0.717) is 16.2 Å². The van der Waals surface area contributed by atoms with Crippen LogP contribution in [0.2, 0.25) is 5.28 Å². The number of hydrogen-bond donors (Lipinski definition) is 1. The molecule has 2 aromatic heterocycles. The van der Waals surface area contributed by atoms with Gasteiger partial charge in [0.2, 0.25) is 11.1 Å². The number of amides is 1.